The van der Waals surface area contributed by atoms with Crippen LogP contribution < -0.4 is 13.9 Å². The Morgan fingerprint density at radius 2 is 1.49 bits per heavy atom. The maximum Gasteiger partial charge on any atom is 0.314 e. The van der Waals surface area contributed by atoms with Crippen LogP contribution in [0.1, 0.15) is 48.6 Å². The Bertz CT molecular complexity index is 1260. The van der Waals surface area contributed by atoms with Gasteiger partial charge < -0.3 is 23.7 Å². The molecule has 3 aromatic rings. The van der Waals surface area contributed by atoms with Crippen LogP contribution in [0.5, 0.6) is 23.0 Å². The Labute approximate surface area is 237 Å². The molecule has 39 heavy (non-hydrogen) atoms. The summed E-state index contributed by atoms with van der Waals surface area (Å²) >= 11 is 1.57. The lowest BCUT2D eigenvalue weighted by atomic mass is 9.90. The number of carbonyl (C=O) groups is 1. The third-order valence-corrected chi connectivity index (χ3v) is 13.0. The fourth-order valence-corrected chi connectivity index (χ4v) is 6.40. The van der Waals surface area contributed by atoms with Gasteiger partial charge in [-0.2, -0.15) is 0 Å². The van der Waals surface area contributed by atoms with Gasteiger partial charge in [0.25, 0.3) is 0 Å². The molecule has 3 rings (SSSR count). The number of rotatable bonds is 11. The zero-order valence-electron chi connectivity index (χ0n) is 24.1. The van der Waals surface area contributed by atoms with Gasteiger partial charge in [0.1, 0.15) is 28.9 Å². The van der Waals surface area contributed by atoms with Gasteiger partial charge >= 0.3 is 5.97 Å². The van der Waals surface area contributed by atoms with Crippen LogP contribution in [-0.2, 0) is 15.3 Å². The summed E-state index contributed by atoms with van der Waals surface area (Å²) in [5, 5.41) is 10.5. The van der Waals surface area contributed by atoms with E-state index >= 15 is 0 Å². The highest BCUT2D eigenvalue weighted by molar-refractivity contribution is 7.98. The third-order valence-electron chi connectivity index (χ3n) is 7.30. The van der Waals surface area contributed by atoms with Crippen LogP contribution in [0.25, 0.3) is 0 Å². The summed E-state index contributed by atoms with van der Waals surface area (Å²) < 4.78 is 23.0. The zero-order chi connectivity index (χ0) is 28.8. The highest BCUT2D eigenvalue weighted by atomic mass is 32.2. The van der Waals surface area contributed by atoms with Gasteiger partial charge in [-0.25, -0.2) is 0 Å². The molecular weight excluding hydrogens is 528 g/mol. The Morgan fingerprint density at radius 3 is 2.03 bits per heavy atom. The summed E-state index contributed by atoms with van der Waals surface area (Å²) in [5.41, 5.74) is 2.41. The van der Waals surface area contributed by atoms with Crippen LogP contribution in [-0.4, -0.2) is 40.7 Å². The van der Waals surface area contributed by atoms with Crippen LogP contribution in [0.2, 0.25) is 18.1 Å². The first kappa shape index (κ1) is 30.4. The first-order valence-electron chi connectivity index (χ1n) is 12.9. The van der Waals surface area contributed by atoms with Gasteiger partial charge in [0, 0.05) is 29.0 Å². The number of thioether (sulfide) groups is 1. The Kier molecular flexibility index (Phi) is 10.0. The van der Waals surface area contributed by atoms with Crippen molar-refractivity contribution in [3.05, 3.63) is 83.4 Å². The van der Waals surface area contributed by atoms with E-state index in [2.05, 4.69) is 33.9 Å². The van der Waals surface area contributed by atoms with Crippen molar-refractivity contribution in [3.63, 3.8) is 0 Å². The number of aromatic hydroxyl groups is 1. The average Bonchev–Trinajstić information content (AvgIpc) is 2.91. The quantitative estimate of drug-likeness (QED) is 0.187. The fourth-order valence-electron chi connectivity index (χ4n) is 3.97. The van der Waals surface area contributed by atoms with E-state index in [4.69, 9.17) is 18.6 Å². The molecule has 8 heteroatoms. The van der Waals surface area contributed by atoms with Crippen LogP contribution >= 0.6 is 11.8 Å². The number of carbonyl (C=O) groups excluding carboxylic acids is 1. The zero-order valence-corrected chi connectivity index (χ0v) is 25.9. The molecule has 1 N–H and O–H groups in total. The van der Waals surface area contributed by atoms with Crippen molar-refractivity contribution in [1.29, 1.82) is 0 Å². The SMILES string of the molecule is COC(=O)[C@@H](c1ccc(OC)cc1O[Si](C)(C)C(C)(C)C)[C@@H](SCc1ccccc1)c1ccc(OC)cc1O. The van der Waals surface area contributed by atoms with Crippen molar-refractivity contribution >= 4 is 26.0 Å². The molecule has 0 aliphatic rings. The molecule has 0 bridgehead atoms. The molecule has 0 saturated heterocycles. The molecule has 0 radical (unpaired) electrons. The highest BCUT2D eigenvalue weighted by Gasteiger charge is 2.42. The number of benzene rings is 3. The van der Waals surface area contributed by atoms with E-state index in [0.29, 0.717) is 34.1 Å². The average molecular weight is 569 g/mol. The van der Waals surface area contributed by atoms with Gasteiger partial charge in [-0.15, -0.1) is 11.8 Å². The number of phenols is 1. The lowest BCUT2D eigenvalue weighted by molar-refractivity contribution is -0.142. The minimum absolute atomic E-state index is 0.0502. The molecule has 0 aliphatic carbocycles. The van der Waals surface area contributed by atoms with Crippen molar-refractivity contribution in [1.82, 2.24) is 0 Å². The predicted octanol–water partition coefficient (Wildman–Crippen LogP) is 7.72. The number of phenolic OH excluding ortho intramolecular Hbond substituents is 1. The normalized spacial score (nSPS) is 13.3. The standard InChI is InChI=1S/C31H40O6SSi/c1-31(2,3)39(7,8)37-27-19-23(35-5)15-17-25(27)28(30(33)36-6)29(38-20-21-12-10-9-11-13-21)24-16-14-22(34-4)18-26(24)32/h9-19,28-29,32H,20H2,1-8H3/t28-,29-/m0/s1. The molecule has 0 heterocycles. The molecule has 0 fully saturated rings. The van der Waals surface area contributed by atoms with E-state index in [0.717, 1.165) is 5.56 Å². The van der Waals surface area contributed by atoms with E-state index in [9.17, 15) is 9.90 Å². The van der Waals surface area contributed by atoms with Gasteiger partial charge in [0.15, 0.2) is 0 Å². The summed E-state index contributed by atoms with van der Waals surface area (Å²) in [6, 6.07) is 20.8. The molecule has 0 amide bonds. The molecule has 0 spiro atoms. The maximum absolute atomic E-state index is 13.6. The smallest absolute Gasteiger partial charge is 0.314 e. The summed E-state index contributed by atoms with van der Waals surface area (Å²) in [7, 11) is 2.26. The third kappa shape index (κ3) is 7.31. The van der Waals surface area contributed by atoms with E-state index in [-0.39, 0.29) is 10.8 Å². The first-order valence-corrected chi connectivity index (χ1v) is 16.8. The molecule has 2 atom stereocenters. The van der Waals surface area contributed by atoms with Crippen LogP contribution in [0, 0.1) is 0 Å². The van der Waals surface area contributed by atoms with Crippen molar-refractivity contribution in [2.45, 2.75) is 55.8 Å². The second kappa shape index (κ2) is 12.8. The van der Waals surface area contributed by atoms with Crippen molar-refractivity contribution in [2.75, 3.05) is 21.3 Å². The molecule has 0 unspecified atom stereocenters. The van der Waals surface area contributed by atoms with Crippen molar-refractivity contribution in [3.8, 4) is 23.0 Å². The van der Waals surface area contributed by atoms with Gasteiger partial charge in [0.05, 0.1) is 26.6 Å². The van der Waals surface area contributed by atoms with Crippen molar-refractivity contribution in [2.24, 2.45) is 0 Å². The second-order valence-corrected chi connectivity index (χ2v) is 16.8. The number of hydrogen-bond acceptors (Lipinski definition) is 7. The van der Waals surface area contributed by atoms with Crippen LogP contribution in [0.4, 0.5) is 0 Å². The number of hydrogen-bond donors (Lipinski definition) is 1. The number of esters is 1. The molecule has 210 valence electrons. The second-order valence-electron chi connectivity index (χ2n) is 10.9. The summed E-state index contributed by atoms with van der Waals surface area (Å²) in [4.78, 5) is 13.6. The maximum atomic E-state index is 13.6. The predicted molar refractivity (Wildman–Crippen MR) is 161 cm³/mol. The van der Waals surface area contributed by atoms with Crippen LogP contribution in [0.15, 0.2) is 66.7 Å². The lowest BCUT2D eigenvalue weighted by Gasteiger charge is -2.38. The number of ether oxygens (including phenoxy) is 3. The summed E-state index contributed by atoms with van der Waals surface area (Å²) in [5.74, 6) is 1.25. The molecule has 0 aliphatic heterocycles. The largest absolute Gasteiger partial charge is 0.543 e. The Morgan fingerprint density at radius 1 is 0.897 bits per heavy atom. The van der Waals surface area contributed by atoms with E-state index < -0.39 is 25.5 Å². The first-order chi connectivity index (χ1) is 18.4. The minimum Gasteiger partial charge on any atom is -0.543 e. The van der Waals surface area contributed by atoms with Gasteiger partial charge in [-0.05, 0) is 35.8 Å². The monoisotopic (exact) mass is 568 g/mol. The van der Waals surface area contributed by atoms with Gasteiger partial charge in [0.2, 0.25) is 8.32 Å². The molecule has 3 aromatic carbocycles. The molecule has 6 nitrogen and oxygen atoms in total. The van der Waals surface area contributed by atoms with Gasteiger partial charge in [-0.3, -0.25) is 4.79 Å². The fraction of sp³-hybridized carbons (Fsp3) is 0.387. The summed E-state index contributed by atoms with van der Waals surface area (Å²) in [6.45, 7) is 10.8. The summed E-state index contributed by atoms with van der Waals surface area (Å²) in [6.07, 6.45) is 0. The molecule has 0 aromatic heterocycles. The van der Waals surface area contributed by atoms with E-state index in [1.165, 1.54) is 7.11 Å². The van der Waals surface area contributed by atoms with Crippen molar-refractivity contribution < 1.29 is 28.5 Å². The van der Waals surface area contributed by atoms with E-state index in [1.807, 2.05) is 54.6 Å². The van der Waals surface area contributed by atoms with Crippen LogP contribution in [0.3, 0.4) is 0 Å². The molecular formula is C31H40O6SSi. The lowest BCUT2D eigenvalue weighted by Crippen LogP contribution is -2.44. The van der Waals surface area contributed by atoms with Gasteiger partial charge in [-0.1, -0.05) is 63.2 Å². The molecule has 0 saturated carbocycles. The van der Waals surface area contributed by atoms with E-state index in [1.54, 1.807) is 38.1 Å². The minimum atomic E-state index is -2.29. The topological polar surface area (TPSA) is 74.2 Å². The highest BCUT2D eigenvalue weighted by Crippen LogP contribution is 2.50. The Balaban J connectivity index is 2.20. The Hall–Kier alpha value is -3.10. The number of methoxy groups -OCH3 is 3.